The molecule has 0 aliphatic carbocycles. The van der Waals surface area contributed by atoms with Crippen LogP contribution in [0.15, 0.2) is 16.0 Å². The summed E-state index contributed by atoms with van der Waals surface area (Å²) in [7, 11) is 1.39. The number of esters is 1. The molecule has 0 saturated carbocycles. The first-order chi connectivity index (χ1) is 11.5. The quantitative estimate of drug-likeness (QED) is 0.470. The van der Waals surface area contributed by atoms with Gasteiger partial charge < -0.3 is 14.6 Å². The molecule has 0 radical (unpaired) electrons. The van der Waals surface area contributed by atoms with Crippen molar-refractivity contribution in [3.05, 3.63) is 22.1 Å². The molecule has 1 aromatic heterocycles. The maximum Gasteiger partial charge on any atom is 0.308 e. The fourth-order valence-electron chi connectivity index (χ4n) is 2.69. The number of hydrogen-bond acceptors (Lipinski definition) is 6. The number of hydrogen-bond donors (Lipinski definition) is 1. The lowest BCUT2D eigenvalue weighted by Crippen LogP contribution is -2.41. The van der Waals surface area contributed by atoms with E-state index in [0.29, 0.717) is 31.1 Å². The number of piperidine rings is 1. The minimum absolute atomic E-state index is 0.00754. The van der Waals surface area contributed by atoms with Crippen LogP contribution in [0.3, 0.4) is 0 Å². The number of nitrogens with one attached hydrogen (secondary N) is 1. The maximum absolute atomic E-state index is 12.3. The number of carbonyl (C=O) groups is 2. The van der Waals surface area contributed by atoms with Crippen LogP contribution in [0.5, 0.6) is 0 Å². The molecule has 24 heavy (non-hydrogen) atoms. The SMILES string of the molecule is CCCc1cc(=O)[nH]c(SCC(=O)N2CCC(C(=O)OC)CC2)n1. The lowest BCUT2D eigenvalue weighted by atomic mass is 9.97. The number of carbonyl (C=O) groups excluding carboxylic acids is 2. The predicted octanol–water partition coefficient (Wildman–Crippen LogP) is 1.23. The highest BCUT2D eigenvalue weighted by Crippen LogP contribution is 2.20. The Kier molecular flexibility index (Phi) is 6.84. The second-order valence-corrected chi connectivity index (χ2v) is 6.72. The Morgan fingerprint density at radius 1 is 1.42 bits per heavy atom. The number of aromatic nitrogens is 2. The fraction of sp³-hybridized carbons (Fsp3) is 0.625. The topological polar surface area (TPSA) is 92.4 Å². The molecule has 1 N–H and O–H groups in total. The Balaban J connectivity index is 1.86. The van der Waals surface area contributed by atoms with Gasteiger partial charge in [0.25, 0.3) is 5.56 Å². The van der Waals surface area contributed by atoms with Gasteiger partial charge in [-0.3, -0.25) is 14.4 Å². The van der Waals surface area contributed by atoms with Crippen molar-refractivity contribution in [2.75, 3.05) is 26.0 Å². The molecule has 7 nitrogen and oxygen atoms in total. The first kappa shape index (κ1) is 18.5. The summed E-state index contributed by atoms with van der Waals surface area (Å²) in [6, 6.07) is 1.49. The van der Waals surface area contributed by atoms with Crippen LogP contribution in [0.4, 0.5) is 0 Å². The molecule has 8 heteroatoms. The monoisotopic (exact) mass is 353 g/mol. The van der Waals surface area contributed by atoms with Gasteiger partial charge in [-0.15, -0.1) is 0 Å². The van der Waals surface area contributed by atoms with Crippen LogP contribution >= 0.6 is 11.8 Å². The number of likely N-dealkylation sites (tertiary alicyclic amines) is 1. The van der Waals surface area contributed by atoms with E-state index in [-0.39, 0.29) is 29.1 Å². The van der Waals surface area contributed by atoms with Crippen LogP contribution in [0.25, 0.3) is 0 Å². The molecular formula is C16H23N3O4S. The summed E-state index contributed by atoms with van der Waals surface area (Å²) in [5.74, 6) is -0.102. The van der Waals surface area contributed by atoms with E-state index < -0.39 is 0 Å². The summed E-state index contributed by atoms with van der Waals surface area (Å²) >= 11 is 1.24. The predicted molar refractivity (Wildman–Crippen MR) is 90.9 cm³/mol. The van der Waals surface area contributed by atoms with Crippen LogP contribution in [0.1, 0.15) is 31.9 Å². The highest BCUT2D eigenvalue weighted by molar-refractivity contribution is 7.99. The van der Waals surface area contributed by atoms with Crippen LogP contribution in [0, 0.1) is 5.92 Å². The number of aromatic amines is 1. The molecule has 1 fully saturated rings. The molecule has 2 heterocycles. The van der Waals surface area contributed by atoms with Crippen molar-refractivity contribution in [2.24, 2.45) is 5.92 Å². The maximum atomic E-state index is 12.3. The number of aryl methyl sites for hydroxylation is 1. The summed E-state index contributed by atoms with van der Waals surface area (Å²) in [5.41, 5.74) is 0.553. The summed E-state index contributed by atoms with van der Waals surface area (Å²) in [6.07, 6.45) is 2.91. The Bertz CT molecular complexity index is 638. The molecule has 0 bridgehead atoms. The average Bonchev–Trinajstić information content (AvgIpc) is 2.59. The Labute approximate surface area is 145 Å². The zero-order valence-electron chi connectivity index (χ0n) is 14.0. The van der Waals surface area contributed by atoms with Gasteiger partial charge in [0, 0.05) is 24.8 Å². The van der Waals surface area contributed by atoms with Crippen molar-refractivity contribution in [3.63, 3.8) is 0 Å². The zero-order valence-corrected chi connectivity index (χ0v) is 14.9. The molecule has 1 aliphatic heterocycles. The van der Waals surface area contributed by atoms with Gasteiger partial charge in [-0.2, -0.15) is 0 Å². The smallest absolute Gasteiger partial charge is 0.308 e. The molecule has 1 aromatic rings. The van der Waals surface area contributed by atoms with Crippen LogP contribution in [0.2, 0.25) is 0 Å². The number of amides is 1. The highest BCUT2D eigenvalue weighted by Gasteiger charge is 2.27. The Morgan fingerprint density at radius 2 is 2.12 bits per heavy atom. The molecule has 1 aliphatic rings. The van der Waals surface area contributed by atoms with Gasteiger partial charge in [-0.05, 0) is 19.3 Å². The van der Waals surface area contributed by atoms with E-state index >= 15 is 0 Å². The van der Waals surface area contributed by atoms with E-state index in [0.717, 1.165) is 18.5 Å². The zero-order chi connectivity index (χ0) is 17.5. The normalized spacial score (nSPS) is 15.3. The van der Waals surface area contributed by atoms with Crippen molar-refractivity contribution in [1.29, 1.82) is 0 Å². The van der Waals surface area contributed by atoms with Crippen LogP contribution in [-0.4, -0.2) is 52.7 Å². The third-order valence-electron chi connectivity index (χ3n) is 3.99. The molecule has 0 unspecified atom stereocenters. The third kappa shape index (κ3) is 5.09. The van der Waals surface area contributed by atoms with Crippen LogP contribution in [-0.2, 0) is 20.7 Å². The number of H-pyrrole nitrogens is 1. The van der Waals surface area contributed by atoms with E-state index in [1.165, 1.54) is 24.9 Å². The third-order valence-corrected chi connectivity index (χ3v) is 4.85. The standard InChI is InChI=1S/C16H23N3O4S/c1-3-4-12-9-13(20)18-16(17-12)24-10-14(21)19-7-5-11(6-8-19)15(22)23-2/h9,11H,3-8,10H2,1-2H3,(H,17,18,20). The number of ether oxygens (including phenoxy) is 1. The summed E-state index contributed by atoms with van der Waals surface area (Å²) < 4.78 is 4.74. The highest BCUT2D eigenvalue weighted by atomic mass is 32.2. The first-order valence-electron chi connectivity index (χ1n) is 8.12. The first-order valence-corrected chi connectivity index (χ1v) is 9.10. The van der Waals surface area contributed by atoms with Gasteiger partial charge in [-0.25, -0.2) is 4.98 Å². The lowest BCUT2D eigenvalue weighted by Gasteiger charge is -2.30. The average molecular weight is 353 g/mol. The molecule has 0 atom stereocenters. The minimum atomic E-state index is -0.203. The van der Waals surface area contributed by atoms with E-state index in [1.54, 1.807) is 4.90 Å². The fourth-order valence-corrected chi connectivity index (χ4v) is 3.49. The molecule has 1 amide bonds. The van der Waals surface area contributed by atoms with Crippen molar-refractivity contribution >= 4 is 23.6 Å². The lowest BCUT2D eigenvalue weighted by molar-refractivity contribution is -0.148. The number of thioether (sulfide) groups is 1. The number of nitrogens with zero attached hydrogens (tertiary/aromatic N) is 2. The summed E-state index contributed by atoms with van der Waals surface area (Å²) in [4.78, 5) is 44.2. The largest absolute Gasteiger partial charge is 0.469 e. The van der Waals surface area contributed by atoms with E-state index in [9.17, 15) is 14.4 Å². The van der Waals surface area contributed by atoms with Crippen LogP contribution < -0.4 is 5.56 Å². The molecule has 0 spiro atoms. The van der Waals surface area contributed by atoms with Gasteiger partial charge in [0.05, 0.1) is 18.8 Å². The molecular weight excluding hydrogens is 330 g/mol. The van der Waals surface area contributed by atoms with E-state index in [4.69, 9.17) is 4.74 Å². The van der Waals surface area contributed by atoms with Crippen molar-refractivity contribution < 1.29 is 14.3 Å². The Morgan fingerprint density at radius 3 is 2.75 bits per heavy atom. The van der Waals surface area contributed by atoms with E-state index in [2.05, 4.69) is 9.97 Å². The van der Waals surface area contributed by atoms with Crippen molar-refractivity contribution in [1.82, 2.24) is 14.9 Å². The van der Waals surface area contributed by atoms with Gasteiger partial charge in [-0.1, -0.05) is 25.1 Å². The van der Waals surface area contributed by atoms with Gasteiger partial charge >= 0.3 is 5.97 Å². The number of methoxy groups -OCH3 is 1. The second kappa shape index (κ2) is 8.86. The molecule has 2 rings (SSSR count). The summed E-state index contributed by atoms with van der Waals surface area (Å²) in [5, 5.41) is 0.476. The van der Waals surface area contributed by atoms with E-state index in [1.807, 2.05) is 6.92 Å². The Hall–Kier alpha value is -1.83. The number of rotatable bonds is 6. The summed E-state index contributed by atoms with van der Waals surface area (Å²) in [6.45, 7) is 3.13. The van der Waals surface area contributed by atoms with Gasteiger partial charge in [0.1, 0.15) is 0 Å². The molecule has 0 aromatic carbocycles. The minimum Gasteiger partial charge on any atom is -0.469 e. The van der Waals surface area contributed by atoms with Gasteiger partial charge in [0.2, 0.25) is 5.91 Å². The molecule has 1 saturated heterocycles. The van der Waals surface area contributed by atoms with Crippen molar-refractivity contribution in [2.45, 2.75) is 37.8 Å². The second-order valence-electron chi connectivity index (χ2n) is 5.76. The molecule has 132 valence electrons. The van der Waals surface area contributed by atoms with Crippen molar-refractivity contribution in [3.8, 4) is 0 Å². The van der Waals surface area contributed by atoms with Gasteiger partial charge in [0.15, 0.2) is 5.16 Å².